The summed E-state index contributed by atoms with van der Waals surface area (Å²) in [6.45, 7) is 5.68. The van der Waals surface area contributed by atoms with Gasteiger partial charge in [-0.1, -0.05) is 25.1 Å². The molecule has 0 fully saturated rings. The van der Waals surface area contributed by atoms with Gasteiger partial charge in [0.05, 0.1) is 6.42 Å². The smallest absolute Gasteiger partial charge is 0.304 e. The average molecular weight is 274 g/mol. The minimum atomic E-state index is -0.742. The number of aromatic nitrogens is 1. The van der Waals surface area contributed by atoms with Crippen molar-refractivity contribution in [2.45, 2.75) is 32.9 Å². The van der Waals surface area contributed by atoms with Crippen molar-refractivity contribution >= 4 is 16.9 Å². The standard InChI is InChI=1S/C16H22N2O2/c1-4-18(12(2)9-16(19)20)11-13-10-17(3)15-8-6-5-7-14(13)15/h5-8,10,12H,4,9,11H2,1-3H3,(H,19,20). The number of hydrogen-bond donors (Lipinski definition) is 1. The number of benzene rings is 1. The number of carbonyl (C=O) groups is 1. The molecule has 2 aromatic rings. The molecule has 2 rings (SSSR count). The van der Waals surface area contributed by atoms with E-state index in [2.05, 4.69) is 34.7 Å². The molecule has 108 valence electrons. The Labute approximate surface area is 119 Å². The molecule has 1 N–H and O–H groups in total. The molecule has 0 bridgehead atoms. The van der Waals surface area contributed by atoms with E-state index in [0.717, 1.165) is 13.1 Å². The van der Waals surface area contributed by atoms with Crippen molar-refractivity contribution in [1.29, 1.82) is 0 Å². The summed E-state index contributed by atoms with van der Waals surface area (Å²) < 4.78 is 2.13. The number of nitrogens with zero attached hydrogens (tertiary/aromatic N) is 2. The molecule has 0 radical (unpaired) electrons. The summed E-state index contributed by atoms with van der Waals surface area (Å²) in [5.41, 5.74) is 2.46. The van der Waals surface area contributed by atoms with Crippen LogP contribution in [0.3, 0.4) is 0 Å². The lowest BCUT2D eigenvalue weighted by atomic mass is 10.1. The second kappa shape index (κ2) is 6.09. The van der Waals surface area contributed by atoms with Crippen molar-refractivity contribution in [2.75, 3.05) is 6.54 Å². The topological polar surface area (TPSA) is 45.5 Å². The van der Waals surface area contributed by atoms with E-state index in [9.17, 15) is 4.79 Å². The molecule has 1 atom stereocenters. The molecule has 20 heavy (non-hydrogen) atoms. The molecule has 1 aromatic carbocycles. The minimum Gasteiger partial charge on any atom is -0.481 e. The molecule has 4 nitrogen and oxygen atoms in total. The van der Waals surface area contributed by atoms with E-state index in [-0.39, 0.29) is 12.5 Å². The number of rotatable bonds is 6. The fourth-order valence-corrected chi connectivity index (χ4v) is 2.73. The van der Waals surface area contributed by atoms with Gasteiger partial charge in [0.15, 0.2) is 0 Å². The summed E-state index contributed by atoms with van der Waals surface area (Å²) in [6.07, 6.45) is 2.32. The monoisotopic (exact) mass is 274 g/mol. The molecule has 0 amide bonds. The molecular formula is C16H22N2O2. The van der Waals surface area contributed by atoms with Gasteiger partial charge in [0.1, 0.15) is 0 Å². The molecule has 0 spiro atoms. The Kier molecular flexibility index (Phi) is 4.45. The van der Waals surface area contributed by atoms with E-state index in [1.165, 1.54) is 16.5 Å². The number of aryl methyl sites for hydroxylation is 1. The van der Waals surface area contributed by atoms with Crippen LogP contribution in [0.5, 0.6) is 0 Å². The number of fused-ring (bicyclic) bond motifs is 1. The summed E-state index contributed by atoms with van der Waals surface area (Å²) >= 11 is 0. The van der Waals surface area contributed by atoms with Crippen LogP contribution in [-0.4, -0.2) is 33.1 Å². The van der Waals surface area contributed by atoms with E-state index in [4.69, 9.17) is 5.11 Å². The Balaban J connectivity index is 2.23. The number of carboxylic acid groups (broad SMARTS) is 1. The molecule has 0 saturated carbocycles. The van der Waals surface area contributed by atoms with Gasteiger partial charge in [-0.25, -0.2) is 0 Å². The number of aliphatic carboxylic acids is 1. The maximum Gasteiger partial charge on any atom is 0.304 e. The van der Waals surface area contributed by atoms with Crippen LogP contribution < -0.4 is 0 Å². The highest BCUT2D eigenvalue weighted by atomic mass is 16.4. The lowest BCUT2D eigenvalue weighted by Crippen LogP contribution is -2.34. The Morgan fingerprint density at radius 3 is 2.75 bits per heavy atom. The summed E-state index contributed by atoms with van der Waals surface area (Å²) in [4.78, 5) is 13.1. The van der Waals surface area contributed by atoms with Gasteiger partial charge in [-0.05, 0) is 25.1 Å². The van der Waals surface area contributed by atoms with Crippen molar-refractivity contribution in [3.05, 3.63) is 36.0 Å². The first kappa shape index (κ1) is 14.6. The van der Waals surface area contributed by atoms with Crippen LogP contribution in [0.4, 0.5) is 0 Å². The first-order chi connectivity index (χ1) is 9.52. The Hall–Kier alpha value is -1.81. The minimum absolute atomic E-state index is 0.0384. The maximum atomic E-state index is 10.9. The molecule has 0 aliphatic heterocycles. The van der Waals surface area contributed by atoms with Crippen molar-refractivity contribution in [3.63, 3.8) is 0 Å². The number of hydrogen-bond acceptors (Lipinski definition) is 2. The second-order valence-corrected chi connectivity index (χ2v) is 5.29. The Bertz CT molecular complexity index is 604. The summed E-state index contributed by atoms with van der Waals surface area (Å²) in [5.74, 6) is -0.742. The molecule has 1 heterocycles. The lowest BCUT2D eigenvalue weighted by molar-refractivity contribution is -0.138. The van der Waals surface area contributed by atoms with Crippen LogP contribution in [0.2, 0.25) is 0 Å². The van der Waals surface area contributed by atoms with Crippen LogP contribution in [0.1, 0.15) is 25.8 Å². The van der Waals surface area contributed by atoms with Gasteiger partial charge in [-0.3, -0.25) is 9.69 Å². The van der Waals surface area contributed by atoms with Gasteiger partial charge >= 0.3 is 5.97 Å². The van der Waals surface area contributed by atoms with E-state index in [0.29, 0.717) is 0 Å². The van der Waals surface area contributed by atoms with E-state index in [1.54, 1.807) is 0 Å². The first-order valence-electron chi connectivity index (χ1n) is 7.01. The summed E-state index contributed by atoms with van der Waals surface area (Å²) in [6, 6.07) is 8.35. The SMILES string of the molecule is CCN(Cc1cn(C)c2ccccc12)C(C)CC(=O)O. The molecule has 0 saturated heterocycles. The highest BCUT2D eigenvalue weighted by molar-refractivity contribution is 5.83. The largest absolute Gasteiger partial charge is 0.481 e. The fraction of sp³-hybridized carbons (Fsp3) is 0.438. The van der Waals surface area contributed by atoms with Gasteiger partial charge in [-0.2, -0.15) is 0 Å². The zero-order chi connectivity index (χ0) is 14.7. The first-order valence-corrected chi connectivity index (χ1v) is 7.01. The molecule has 1 aromatic heterocycles. The Morgan fingerprint density at radius 1 is 1.40 bits per heavy atom. The number of para-hydroxylation sites is 1. The lowest BCUT2D eigenvalue weighted by Gasteiger charge is -2.26. The third-order valence-electron chi connectivity index (χ3n) is 3.85. The van der Waals surface area contributed by atoms with Crippen molar-refractivity contribution in [2.24, 2.45) is 7.05 Å². The van der Waals surface area contributed by atoms with Gasteiger partial charge in [0, 0.05) is 36.7 Å². The molecular weight excluding hydrogens is 252 g/mol. The van der Waals surface area contributed by atoms with Crippen molar-refractivity contribution in [1.82, 2.24) is 9.47 Å². The van der Waals surface area contributed by atoms with Crippen LogP contribution >= 0.6 is 0 Å². The quantitative estimate of drug-likeness (QED) is 0.881. The van der Waals surface area contributed by atoms with Gasteiger partial charge in [-0.15, -0.1) is 0 Å². The Morgan fingerprint density at radius 2 is 2.10 bits per heavy atom. The zero-order valence-corrected chi connectivity index (χ0v) is 12.3. The molecule has 0 aliphatic carbocycles. The predicted molar refractivity (Wildman–Crippen MR) is 80.7 cm³/mol. The average Bonchev–Trinajstić information content (AvgIpc) is 2.72. The normalized spacial score (nSPS) is 13.0. The van der Waals surface area contributed by atoms with Crippen LogP contribution in [0, 0.1) is 0 Å². The molecule has 0 aliphatic rings. The fourth-order valence-electron chi connectivity index (χ4n) is 2.73. The summed E-state index contributed by atoms with van der Waals surface area (Å²) in [5, 5.41) is 10.2. The third kappa shape index (κ3) is 3.02. The van der Waals surface area contributed by atoms with Crippen LogP contribution in [-0.2, 0) is 18.4 Å². The van der Waals surface area contributed by atoms with Crippen molar-refractivity contribution < 1.29 is 9.90 Å². The van der Waals surface area contributed by atoms with E-state index in [1.807, 2.05) is 26.1 Å². The predicted octanol–water partition coefficient (Wildman–Crippen LogP) is 2.86. The van der Waals surface area contributed by atoms with Crippen LogP contribution in [0.25, 0.3) is 10.9 Å². The van der Waals surface area contributed by atoms with E-state index >= 15 is 0 Å². The summed E-state index contributed by atoms with van der Waals surface area (Å²) in [7, 11) is 2.04. The van der Waals surface area contributed by atoms with Gasteiger partial charge in [0.2, 0.25) is 0 Å². The number of carboxylic acids is 1. The van der Waals surface area contributed by atoms with Gasteiger partial charge in [0.25, 0.3) is 0 Å². The second-order valence-electron chi connectivity index (χ2n) is 5.29. The van der Waals surface area contributed by atoms with Gasteiger partial charge < -0.3 is 9.67 Å². The van der Waals surface area contributed by atoms with Crippen LogP contribution in [0.15, 0.2) is 30.5 Å². The third-order valence-corrected chi connectivity index (χ3v) is 3.85. The molecule has 4 heteroatoms. The molecule has 1 unspecified atom stereocenters. The van der Waals surface area contributed by atoms with E-state index < -0.39 is 5.97 Å². The van der Waals surface area contributed by atoms with Crippen molar-refractivity contribution in [3.8, 4) is 0 Å². The highest BCUT2D eigenvalue weighted by Gasteiger charge is 2.17. The maximum absolute atomic E-state index is 10.9. The zero-order valence-electron chi connectivity index (χ0n) is 12.3. The highest BCUT2D eigenvalue weighted by Crippen LogP contribution is 2.22.